The van der Waals surface area contributed by atoms with Gasteiger partial charge in [0.15, 0.2) is 0 Å². The van der Waals surface area contributed by atoms with Crippen LogP contribution in [0.4, 0.5) is 4.39 Å². The van der Waals surface area contributed by atoms with Crippen LogP contribution >= 0.6 is 0 Å². The number of likely N-dealkylation sites (tertiary alicyclic amines) is 1. The smallest absolute Gasteiger partial charge is 0.121 e. The number of methoxy groups -OCH3 is 2. The highest BCUT2D eigenvalue weighted by Crippen LogP contribution is 2.35. The average molecular weight is 307 g/mol. The Morgan fingerprint density at radius 3 is 2.27 bits per heavy atom. The summed E-state index contributed by atoms with van der Waals surface area (Å²) < 4.78 is 25.1. The summed E-state index contributed by atoms with van der Waals surface area (Å²) in [4.78, 5) is 2.35. The molecule has 3 rings (SSSR count). The average Bonchev–Trinajstić information content (AvgIpc) is 2.97. The normalized spacial score (nSPS) is 33.0. The van der Waals surface area contributed by atoms with Crippen molar-refractivity contribution in [1.29, 1.82) is 0 Å². The third-order valence-electron chi connectivity index (χ3n) is 5.31. The van der Waals surface area contributed by atoms with E-state index in [0.29, 0.717) is 18.7 Å². The van der Waals surface area contributed by atoms with Gasteiger partial charge < -0.3 is 9.47 Å². The molecular weight excluding hydrogens is 281 g/mol. The highest BCUT2D eigenvalue weighted by Gasteiger charge is 2.38. The molecule has 4 heteroatoms. The second-order valence-corrected chi connectivity index (χ2v) is 6.52. The predicted molar refractivity (Wildman–Crippen MR) is 85.3 cm³/mol. The molecule has 0 unspecified atom stereocenters. The zero-order valence-electron chi connectivity index (χ0n) is 13.5. The summed E-state index contributed by atoms with van der Waals surface area (Å²) in [6.45, 7) is 1.40. The molecule has 1 saturated carbocycles. The van der Waals surface area contributed by atoms with Gasteiger partial charge in [0.2, 0.25) is 0 Å². The van der Waals surface area contributed by atoms with Gasteiger partial charge in [-0.05, 0) is 43.4 Å². The first kappa shape index (κ1) is 15.8. The molecule has 2 fully saturated rings. The van der Waals surface area contributed by atoms with Gasteiger partial charge in [-0.25, -0.2) is 4.39 Å². The first-order chi connectivity index (χ1) is 10.7. The maximum atomic E-state index is 14.5. The number of ether oxygens (including phenoxy) is 2. The van der Waals surface area contributed by atoms with Crippen LogP contribution < -0.4 is 4.74 Å². The van der Waals surface area contributed by atoms with Gasteiger partial charge in [-0.2, -0.15) is 0 Å². The molecule has 1 aliphatic carbocycles. The Kier molecular flexibility index (Phi) is 4.99. The fourth-order valence-corrected chi connectivity index (χ4v) is 3.90. The van der Waals surface area contributed by atoms with Crippen molar-refractivity contribution in [1.82, 2.24) is 4.90 Å². The van der Waals surface area contributed by atoms with Gasteiger partial charge in [0.1, 0.15) is 11.9 Å². The second-order valence-electron chi connectivity index (χ2n) is 6.52. The highest BCUT2D eigenvalue weighted by atomic mass is 19.1. The lowest BCUT2D eigenvalue weighted by atomic mass is 9.92. The van der Waals surface area contributed by atoms with Crippen molar-refractivity contribution in [2.45, 2.75) is 49.9 Å². The minimum absolute atomic E-state index is 0.00828. The van der Waals surface area contributed by atoms with Gasteiger partial charge in [0.05, 0.1) is 13.2 Å². The van der Waals surface area contributed by atoms with E-state index in [1.165, 1.54) is 0 Å². The van der Waals surface area contributed by atoms with Gasteiger partial charge in [-0.1, -0.05) is 12.1 Å². The first-order valence-corrected chi connectivity index (χ1v) is 8.26. The van der Waals surface area contributed by atoms with Crippen LogP contribution in [0.15, 0.2) is 24.3 Å². The Morgan fingerprint density at radius 1 is 1.00 bits per heavy atom. The molecule has 122 valence electrons. The number of rotatable bonds is 4. The fourth-order valence-electron chi connectivity index (χ4n) is 3.90. The molecule has 1 aromatic rings. The monoisotopic (exact) mass is 307 g/mol. The number of hydrogen-bond acceptors (Lipinski definition) is 3. The van der Waals surface area contributed by atoms with Crippen molar-refractivity contribution in [3.63, 3.8) is 0 Å². The summed E-state index contributed by atoms with van der Waals surface area (Å²) in [5, 5.41) is 0. The predicted octanol–water partition coefficient (Wildman–Crippen LogP) is 3.39. The molecule has 0 radical (unpaired) electrons. The Morgan fingerprint density at radius 2 is 1.68 bits per heavy atom. The number of nitrogens with zero attached hydrogens (tertiary/aromatic N) is 1. The van der Waals surface area contributed by atoms with Crippen molar-refractivity contribution < 1.29 is 13.9 Å². The zero-order chi connectivity index (χ0) is 15.5. The summed E-state index contributed by atoms with van der Waals surface area (Å²) >= 11 is 0. The number of halogens is 1. The molecule has 0 bridgehead atoms. The molecule has 0 spiro atoms. The van der Waals surface area contributed by atoms with Crippen LogP contribution in [-0.4, -0.2) is 50.5 Å². The maximum Gasteiger partial charge on any atom is 0.121 e. The highest BCUT2D eigenvalue weighted by molar-refractivity contribution is 5.31. The minimum Gasteiger partial charge on any atom is -0.497 e. The fraction of sp³-hybridized carbons (Fsp3) is 0.667. The standard InChI is InChI=1S/C18H26FNO2/c1-21-15-7-3-13(4-8-15)17-11-20(12-18(17)19)14-5-9-16(22-2)10-6-14/h3-4,7-8,14,16-18H,5-6,9-12H2,1-2H3/t14-,16-,17-,18-/m0/s1. The van der Waals surface area contributed by atoms with E-state index >= 15 is 0 Å². The molecule has 0 amide bonds. The van der Waals surface area contributed by atoms with Crippen molar-refractivity contribution in [2.75, 3.05) is 27.3 Å². The van der Waals surface area contributed by atoms with Crippen molar-refractivity contribution in [3.05, 3.63) is 29.8 Å². The summed E-state index contributed by atoms with van der Waals surface area (Å²) in [5.41, 5.74) is 1.08. The Hall–Kier alpha value is -1.13. The molecule has 2 aliphatic rings. The number of alkyl halides is 1. The summed E-state index contributed by atoms with van der Waals surface area (Å²) in [6.07, 6.45) is 4.08. The molecule has 0 aromatic heterocycles. The molecule has 1 saturated heterocycles. The molecule has 1 heterocycles. The van der Waals surface area contributed by atoms with Gasteiger partial charge in [0.25, 0.3) is 0 Å². The first-order valence-electron chi connectivity index (χ1n) is 8.26. The second kappa shape index (κ2) is 6.97. The summed E-state index contributed by atoms with van der Waals surface area (Å²) in [5.74, 6) is 0.818. The van der Waals surface area contributed by atoms with Crippen LogP contribution in [0.25, 0.3) is 0 Å². The zero-order valence-corrected chi connectivity index (χ0v) is 13.5. The van der Waals surface area contributed by atoms with E-state index in [1.807, 2.05) is 24.3 Å². The number of hydrogen-bond donors (Lipinski definition) is 0. The van der Waals surface area contributed by atoms with E-state index in [2.05, 4.69) is 4.90 Å². The lowest BCUT2D eigenvalue weighted by Crippen LogP contribution is -2.38. The third-order valence-corrected chi connectivity index (χ3v) is 5.31. The molecule has 1 aromatic carbocycles. The van der Waals surface area contributed by atoms with Crippen LogP contribution in [-0.2, 0) is 4.74 Å². The van der Waals surface area contributed by atoms with Crippen LogP contribution in [0.1, 0.15) is 37.2 Å². The molecule has 3 nitrogen and oxygen atoms in total. The van der Waals surface area contributed by atoms with E-state index in [-0.39, 0.29) is 5.92 Å². The number of benzene rings is 1. The van der Waals surface area contributed by atoms with E-state index in [0.717, 1.165) is 43.5 Å². The lowest BCUT2D eigenvalue weighted by Gasteiger charge is -2.34. The van der Waals surface area contributed by atoms with Crippen molar-refractivity contribution in [3.8, 4) is 5.75 Å². The molecule has 0 N–H and O–H groups in total. The SMILES string of the molecule is COc1ccc([C@@H]2CN([C@H]3CC[C@H](OC)CC3)C[C@@H]2F)cc1. The van der Waals surface area contributed by atoms with Crippen molar-refractivity contribution >= 4 is 0 Å². The van der Waals surface area contributed by atoms with Gasteiger partial charge >= 0.3 is 0 Å². The Balaban J connectivity index is 1.61. The Bertz CT molecular complexity index is 470. The van der Waals surface area contributed by atoms with Crippen LogP contribution in [0.3, 0.4) is 0 Å². The molecular formula is C18H26FNO2. The van der Waals surface area contributed by atoms with E-state index < -0.39 is 6.17 Å². The molecule has 1 aliphatic heterocycles. The lowest BCUT2D eigenvalue weighted by molar-refractivity contribution is 0.0424. The molecule has 2 atom stereocenters. The maximum absolute atomic E-state index is 14.5. The van der Waals surface area contributed by atoms with E-state index in [9.17, 15) is 4.39 Å². The third kappa shape index (κ3) is 3.28. The van der Waals surface area contributed by atoms with E-state index in [4.69, 9.17) is 9.47 Å². The largest absolute Gasteiger partial charge is 0.497 e. The Labute approximate surface area is 132 Å². The van der Waals surface area contributed by atoms with Gasteiger partial charge in [-0.3, -0.25) is 4.90 Å². The topological polar surface area (TPSA) is 21.7 Å². The molecule has 22 heavy (non-hydrogen) atoms. The minimum atomic E-state index is -0.770. The summed E-state index contributed by atoms with van der Waals surface area (Å²) in [6, 6.07) is 8.37. The quantitative estimate of drug-likeness (QED) is 0.851. The van der Waals surface area contributed by atoms with Crippen molar-refractivity contribution in [2.24, 2.45) is 0 Å². The van der Waals surface area contributed by atoms with Gasteiger partial charge in [0, 0.05) is 32.2 Å². The summed E-state index contributed by atoms with van der Waals surface area (Å²) in [7, 11) is 3.44. The van der Waals surface area contributed by atoms with E-state index in [1.54, 1.807) is 14.2 Å². The van der Waals surface area contributed by atoms with Crippen LogP contribution in [0.5, 0.6) is 5.75 Å². The van der Waals surface area contributed by atoms with Crippen LogP contribution in [0, 0.1) is 0 Å². The van der Waals surface area contributed by atoms with Gasteiger partial charge in [-0.15, -0.1) is 0 Å². The van der Waals surface area contributed by atoms with Crippen LogP contribution in [0.2, 0.25) is 0 Å².